The van der Waals surface area contributed by atoms with Crippen molar-refractivity contribution in [2.75, 3.05) is 26.9 Å². The summed E-state index contributed by atoms with van der Waals surface area (Å²) in [6.45, 7) is 6.71. The minimum Gasteiger partial charge on any atom is -0.382 e. The van der Waals surface area contributed by atoms with Crippen LogP contribution in [0.5, 0.6) is 0 Å². The van der Waals surface area contributed by atoms with Gasteiger partial charge < -0.3 is 14.0 Å². The predicted octanol–water partition coefficient (Wildman–Crippen LogP) is 1.31. The van der Waals surface area contributed by atoms with Crippen molar-refractivity contribution in [2.45, 2.75) is 20.4 Å². The standard InChI is InChI=1S/C10H18N2O2S/c1-8-9(2)15-10(11)12(8)4-5-14-7-6-13-3/h11H,4-7H2,1-3H3. The van der Waals surface area contributed by atoms with Gasteiger partial charge in [0.2, 0.25) is 0 Å². The third-order valence-corrected chi connectivity index (χ3v) is 3.32. The minimum absolute atomic E-state index is 0.598. The first-order valence-corrected chi connectivity index (χ1v) is 5.76. The Kier molecular flexibility index (Phi) is 5.01. The van der Waals surface area contributed by atoms with Gasteiger partial charge in [-0.1, -0.05) is 0 Å². The molecule has 15 heavy (non-hydrogen) atoms. The molecule has 1 aromatic rings. The highest BCUT2D eigenvalue weighted by molar-refractivity contribution is 7.09. The van der Waals surface area contributed by atoms with E-state index in [2.05, 4.69) is 0 Å². The number of hydrogen-bond donors (Lipinski definition) is 1. The largest absolute Gasteiger partial charge is 0.382 e. The molecule has 1 rings (SSSR count). The van der Waals surface area contributed by atoms with E-state index >= 15 is 0 Å². The second kappa shape index (κ2) is 6.05. The molecule has 0 aliphatic rings. The molecule has 0 spiro atoms. The SMILES string of the molecule is COCCOCCn1c(C)c(C)sc1=N. The smallest absolute Gasteiger partial charge is 0.182 e. The number of methoxy groups -OCH3 is 1. The quantitative estimate of drug-likeness (QED) is 0.749. The molecule has 4 nitrogen and oxygen atoms in total. The average molecular weight is 230 g/mol. The van der Waals surface area contributed by atoms with Gasteiger partial charge in [-0.2, -0.15) is 0 Å². The van der Waals surface area contributed by atoms with E-state index in [1.165, 1.54) is 21.9 Å². The summed E-state index contributed by atoms with van der Waals surface area (Å²) in [5.41, 5.74) is 1.17. The van der Waals surface area contributed by atoms with Crippen LogP contribution in [0.15, 0.2) is 0 Å². The molecule has 1 N–H and O–H groups in total. The predicted molar refractivity (Wildman–Crippen MR) is 60.3 cm³/mol. The highest BCUT2D eigenvalue weighted by atomic mass is 32.1. The summed E-state index contributed by atoms with van der Waals surface area (Å²) in [5.74, 6) is 0. The summed E-state index contributed by atoms with van der Waals surface area (Å²) >= 11 is 1.51. The van der Waals surface area contributed by atoms with Crippen LogP contribution < -0.4 is 4.80 Å². The van der Waals surface area contributed by atoms with Crippen molar-refractivity contribution in [3.63, 3.8) is 0 Å². The van der Waals surface area contributed by atoms with E-state index < -0.39 is 0 Å². The van der Waals surface area contributed by atoms with Gasteiger partial charge in [0.05, 0.1) is 19.8 Å². The molecule has 1 heterocycles. The van der Waals surface area contributed by atoms with Gasteiger partial charge in [0.15, 0.2) is 4.80 Å². The highest BCUT2D eigenvalue weighted by Gasteiger charge is 2.04. The van der Waals surface area contributed by atoms with Crippen LogP contribution in [-0.2, 0) is 16.0 Å². The fourth-order valence-electron chi connectivity index (χ4n) is 1.29. The van der Waals surface area contributed by atoms with Gasteiger partial charge in [0, 0.05) is 24.2 Å². The maximum Gasteiger partial charge on any atom is 0.182 e. The van der Waals surface area contributed by atoms with Gasteiger partial charge in [-0.15, -0.1) is 11.3 Å². The molecule has 0 bridgehead atoms. The van der Waals surface area contributed by atoms with Crippen molar-refractivity contribution < 1.29 is 9.47 Å². The molecule has 0 aliphatic carbocycles. The summed E-state index contributed by atoms with van der Waals surface area (Å²) in [4.78, 5) is 1.80. The number of thiazole rings is 1. The molecule has 0 fully saturated rings. The Morgan fingerprint density at radius 3 is 2.53 bits per heavy atom. The van der Waals surface area contributed by atoms with Crippen LogP contribution in [0.25, 0.3) is 0 Å². The summed E-state index contributed by atoms with van der Waals surface area (Å²) in [7, 11) is 1.66. The second-order valence-corrected chi connectivity index (χ2v) is 4.51. The van der Waals surface area contributed by atoms with E-state index in [0.717, 1.165) is 6.54 Å². The normalized spacial score (nSPS) is 10.9. The summed E-state index contributed by atoms with van der Waals surface area (Å²) in [6, 6.07) is 0. The monoisotopic (exact) mass is 230 g/mol. The molecule has 0 atom stereocenters. The number of aromatic nitrogens is 1. The second-order valence-electron chi connectivity index (χ2n) is 3.31. The van der Waals surface area contributed by atoms with Crippen LogP contribution in [0, 0.1) is 19.3 Å². The van der Waals surface area contributed by atoms with E-state index in [4.69, 9.17) is 14.9 Å². The van der Waals surface area contributed by atoms with Gasteiger partial charge in [-0.3, -0.25) is 5.41 Å². The molecular formula is C10H18N2O2S. The first kappa shape index (κ1) is 12.4. The Hall–Kier alpha value is -0.650. The third kappa shape index (κ3) is 3.44. The zero-order valence-corrected chi connectivity index (χ0v) is 10.3. The fourth-order valence-corrected chi connectivity index (χ4v) is 2.17. The first-order valence-electron chi connectivity index (χ1n) is 4.95. The Morgan fingerprint density at radius 2 is 2.00 bits per heavy atom. The lowest BCUT2D eigenvalue weighted by atomic mass is 10.4. The summed E-state index contributed by atoms with van der Waals surface area (Å²) in [5, 5.41) is 7.75. The molecule has 0 saturated carbocycles. The molecule has 0 amide bonds. The Bertz CT molecular complexity index is 357. The number of ether oxygens (including phenoxy) is 2. The van der Waals surface area contributed by atoms with Crippen molar-refractivity contribution in [1.29, 1.82) is 5.41 Å². The average Bonchev–Trinajstić information content (AvgIpc) is 2.44. The van der Waals surface area contributed by atoms with Gasteiger partial charge >= 0.3 is 0 Å². The number of aryl methyl sites for hydroxylation is 1. The lowest BCUT2D eigenvalue weighted by Crippen LogP contribution is -2.19. The number of rotatable bonds is 6. The molecule has 5 heteroatoms. The van der Waals surface area contributed by atoms with Crippen LogP contribution in [0.1, 0.15) is 10.6 Å². The van der Waals surface area contributed by atoms with Gasteiger partial charge in [-0.25, -0.2) is 0 Å². The zero-order valence-electron chi connectivity index (χ0n) is 9.50. The Balaban J connectivity index is 2.41. The molecule has 0 saturated heterocycles. The molecule has 0 unspecified atom stereocenters. The van der Waals surface area contributed by atoms with E-state index in [9.17, 15) is 0 Å². The highest BCUT2D eigenvalue weighted by Crippen LogP contribution is 2.08. The van der Waals surface area contributed by atoms with Crippen LogP contribution in [0.3, 0.4) is 0 Å². The lowest BCUT2D eigenvalue weighted by molar-refractivity contribution is 0.0661. The summed E-state index contributed by atoms with van der Waals surface area (Å²) < 4.78 is 12.2. The van der Waals surface area contributed by atoms with Crippen LogP contribution in [0.2, 0.25) is 0 Å². The van der Waals surface area contributed by atoms with Gasteiger partial charge in [0.25, 0.3) is 0 Å². The molecule has 0 aromatic carbocycles. The van der Waals surface area contributed by atoms with Crippen molar-refractivity contribution in [3.8, 4) is 0 Å². The van der Waals surface area contributed by atoms with E-state index in [-0.39, 0.29) is 0 Å². The topological polar surface area (TPSA) is 47.2 Å². The molecule has 86 valence electrons. The van der Waals surface area contributed by atoms with E-state index in [1.807, 2.05) is 18.4 Å². The number of nitrogens with zero attached hydrogens (tertiary/aromatic N) is 1. The summed E-state index contributed by atoms with van der Waals surface area (Å²) in [6.07, 6.45) is 0. The third-order valence-electron chi connectivity index (χ3n) is 2.30. The van der Waals surface area contributed by atoms with Crippen LogP contribution in [-0.4, -0.2) is 31.5 Å². The van der Waals surface area contributed by atoms with Crippen molar-refractivity contribution >= 4 is 11.3 Å². The van der Waals surface area contributed by atoms with E-state index in [0.29, 0.717) is 24.6 Å². The maximum absolute atomic E-state index is 7.75. The fraction of sp³-hybridized carbons (Fsp3) is 0.700. The molecule has 0 radical (unpaired) electrons. The Morgan fingerprint density at radius 1 is 1.27 bits per heavy atom. The van der Waals surface area contributed by atoms with Crippen LogP contribution >= 0.6 is 11.3 Å². The van der Waals surface area contributed by atoms with E-state index in [1.54, 1.807) is 7.11 Å². The number of nitrogens with one attached hydrogen (secondary N) is 1. The molecule has 1 aromatic heterocycles. The van der Waals surface area contributed by atoms with Gasteiger partial charge in [0.1, 0.15) is 0 Å². The number of hydrogen-bond acceptors (Lipinski definition) is 4. The van der Waals surface area contributed by atoms with Crippen molar-refractivity contribution in [2.24, 2.45) is 0 Å². The van der Waals surface area contributed by atoms with Crippen molar-refractivity contribution in [1.82, 2.24) is 4.57 Å². The first-order chi connectivity index (χ1) is 7.16. The lowest BCUT2D eigenvalue weighted by Gasteiger charge is -2.06. The minimum atomic E-state index is 0.598. The maximum atomic E-state index is 7.75. The van der Waals surface area contributed by atoms with Crippen molar-refractivity contribution in [3.05, 3.63) is 15.4 Å². The van der Waals surface area contributed by atoms with Gasteiger partial charge in [-0.05, 0) is 13.8 Å². The zero-order chi connectivity index (χ0) is 11.3. The molecule has 0 aliphatic heterocycles. The Labute approximate surface area is 94.0 Å². The molecular weight excluding hydrogens is 212 g/mol. The van der Waals surface area contributed by atoms with Crippen LogP contribution in [0.4, 0.5) is 0 Å².